The molecule has 1 heterocycles. The lowest BCUT2D eigenvalue weighted by molar-refractivity contribution is -0.0923. The summed E-state index contributed by atoms with van der Waals surface area (Å²) in [5.41, 5.74) is 1.09. The summed E-state index contributed by atoms with van der Waals surface area (Å²) in [5, 5.41) is 4.33. The van der Waals surface area contributed by atoms with E-state index < -0.39 is 0 Å². The van der Waals surface area contributed by atoms with Gasteiger partial charge in [-0.15, -0.1) is 0 Å². The van der Waals surface area contributed by atoms with Crippen LogP contribution in [-0.4, -0.2) is 25.9 Å². The Morgan fingerprint density at radius 2 is 2.21 bits per heavy atom. The van der Waals surface area contributed by atoms with Crippen molar-refractivity contribution >= 4 is 17.3 Å². The molecule has 0 amide bonds. The molecular weight excluding hydrogens is 262 g/mol. The number of hydrogen-bond donors (Lipinski definition) is 1. The molecule has 0 aromatic heterocycles. The smallest absolute Gasteiger partial charge is 0.121 e. The van der Waals surface area contributed by atoms with Crippen molar-refractivity contribution in [2.45, 2.75) is 32.4 Å². The average molecular weight is 282 g/mol. The first-order chi connectivity index (χ1) is 9.04. The summed E-state index contributed by atoms with van der Waals surface area (Å²) >= 11 is 6.27. The molecule has 0 radical (unpaired) electrons. The predicted octanol–water partition coefficient (Wildman–Crippen LogP) is 3.57. The van der Waals surface area contributed by atoms with Crippen LogP contribution in [0.15, 0.2) is 18.2 Å². The molecule has 1 aromatic rings. The van der Waals surface area contributed by atoms with E-state index >= 15 is 0 Å². The predicted molar refractivity (Wildman–Crippen MR) is 77.0 cm³/mol. The van der Waals surface area contributed by atoms with Gasteiger partial charge >= 0.3 is 0 Å². The van der Waals surface area contributed by atoms with Crippen molar-refractivity contribution in [3.63, 3.8) is 0 Å². The van der Waals surface area contributed by atoms with Crippen molar-refractivity contribution in [2.75, 3.05) is 19.0 Å². The van der Waals surface area contributed by atoms with Crippen LogP contribution in [0.5, 0.6) is 5.75 Å². The zero-order chi connectivity index (χ0) is 13.6. The highest BCUT2D eigenvalue weighted by molar-refractivity contribution is 6.33. The van der Waals surface area contributed by atoms with Crippen molar-refractivity contribution in [3.05, 3.63) is 23.2 Å². The molecule has 1 saturated carbocycles. The maximum Gasteiger partial charge on any atom is 0.121 e. The normalized spacial score (nSPS) is 31.5. The summed E-state index contributed by atoms with van der Waals surface area (Å²) in [6.45, 7) is 5.39. The molecule has 3 rings (SSSR count). The molecule has 1 aliphatic heterocycles. The van der Waals surface area contributed by atoms with E-state index in [0.29, 0.717) is 18.1 Å². The Kier molecular flexibility index (Phi) is 3.14. The van der Waals surface area contributed by atoms with Crippen molar-refractivity contribution < 1.29 is 9.47 Å². The second-order valence-electron chi connectivity index (χ2n) is 6.03. The number of benzene rings is 1. The molecular formula is C15H20ClNO2. The minimum Gasteiger partial charge on any atom is -0.497 e. The van der Waals surface area contributed by atoms with Gasteiger partial charge in [-0.2, -0.15) is 0 Å². The Balaban J connectivity index is 1.82. The molecule has 0 bridgehead atoms. The van der Waals surface area contributed by atoms with Crippen molar-refractivity contribution in [1.29, 1.82) is 0 Å². The highest BCUT2D eigenvalue weighted by Crippen LogP contribution is 2.53. The van der Waals surface area contributed by atoms with Crippen molar-refractivity contribution in [3.8, 4) is 5.75 Å². The summed E-state index contributed by atoms with van der Waals surface area (Å²) in [5.74, 6) is 1.42. The van der Waals surface area contributed by atoms with Crippen molar-refractivity contribution in [1.82, 2.24) is 0 Å². The minimum absolute atomic E-state index is 0.146. The molecule has 1 N–H and O–H groups in total. The monoisotopic (exact) mass is 281 g/mol. The Labute approximate surface area is 119 Å². The van der Waals surface area contributed by atoms with Crippen LogP contribution in [0.4, 0.5) is 5.69 Å². The first-order valence-electron chi connectivity index (χ1n) is 6.75. The van der Waals surface area contributed by atoms with Gasteiger partial charge < -0.3 is 14.8 Å². The lowest BCUT2D eigenvalue weighted by atomic mass is 9.57. The first-order valence-corrected chi connectivity index (χ1v) is 7.13. The summed E-state index contributed by atoms with van der Waals surface area (Å²) in [6.07, 6.45) is 1.52. The minimum atomic E-state index is 0.146. The number of anilines is 1. The van der Waals surface area contributed by atoms with Crippen LogP contribution < -0.4 is 10.1 Å². The fourth-order valence-corrected chi connectivity index (χ4v) is 3.70. The second kappa shape index (κ2) is 4.57. The topological polar surface area (TPSA) is 30.5 Å². The van der Waals surface area contributed by atoms with Crippen LogP contribution in [0.2, 0.25) is 5.02 Å². The molecule has 3 nitrogen and oxygen atoms in total. The second-order valence-corrected chi connectivity index (χ2v) is 6.44. The van der Waals surface area contributed by atoms with Gasteiger partial charge in [0.05, 0.1) is 23.9 Å². The molecule has 4 heteroatoms. The summed E-state index contributed by atoms with van der Waals surface area (Å²) in [7, 11) is 1.67. The van der Waals surface area contributed by atoms with E-state index in [0.717, 1.165) is 29.5 Å². The zero-order valence-corrected chi connectivity index (χ0v) is 12.3. The van der Waals surface area contributed by atoms with Crippen molar-refractivity contribution in [2.24, 2.45) is 11.3 Å². The molecule has 104 valence electrons. The number of ether oxygens (including phenoxy) is 2. The van der Waals surface area contributed by atoms with Gasteiger partial charge in [0.25, 0.3) is 0 Å². The highest BCUT2D eigenvalue weighted by Gasteiger charge is 2.59. The van der Waals surface area contributed by atoms with Gasteiger partial charge in [-0.05, 0) is 18.6 Å². The largest absolute Gasteiger partial charge is 0.497 e. The SMILES string of the molecule is COc1ccc(Cl)c(NC2C3CCOC3C2(C)C)c1. The summed E-state index contributed by atoms with van der Waals surface area (Å²) in [6, 6.07) is 6.11. The van der Waals surface area contributed by atoms with Gasteiger partial charge in [-0.1, -0.05) is 25.4 Å². The fourth-order valence-electron chi connectivity index (χ4n) is 3.53. The van der Waals surface area contributed by atoms with Crippen LogP contribution in [-0.2, 0) is 4.74 Å². The van der Waals surface area contributed by atoms with Gasteiger partial charge in [-0.3, -0.25) is 0 Å². The van der Waals surface area contributed by atoms with Gasteiger partial charge in [0, 0.05) is 30.0 Å². The Hall–Kier alpha value is -0.930. The summed E-state index contributed by atoms with van der Waals surface area (Å²) < 4.78 is 11.1. The molecule has 2 aliphatic rings. The average Bonchev–Trinajstić information content (AvgIpc) is 2.84. The Morgan fingerprint density at radius 1 is 1.42 bits per heavy atom. The van der Waals surface area contributed by atoms with Crippen LogP contribution in [0.3, 0.4) is 0 Å². The maximum atomic E-state index is 6.27. The molecule has 0 spiro atoms. The first kappa shape index (κ1) is 13.1. The van der Waals surface area contributed by atoms with E-state index in [2.05, 4.69) is 19.2 Å². The van der Waals surface area contributed by atoms with E-state index in [4.69, 9.17) is 21.1 Å². The number of halogens is 1. The number of rotatable bonds is 3. The molecule has 1 aliphatic carbocycles. The molecule has 1 aromatic carbocycles. The lowest BCUT2D eigenvalue weighted by Gasteiger charge is -2.55. The van der Waals surface area contributed by atoms with Crippen LogP contribution >= 0.6 is 11.6 Å². The quantitative estimate of drug-likeness (QED) is 0.919. The van der Waals surface area contributed by atoms with E-state index in [1.807, 2.05) is 18.2 Å². The lowest BCUT2D eigenvalue weighted by Crippen LogP contribution is -2.63. The third-order valence-electron chi connectivity index (χ3n) is 4.59. The molecule has 3 atom stereocenters. The van der Waals surface area contributed by atoms with Gasteiger partial charge in [0.2, 0.25) is 0 Å². The van der Waals surface area contributed by atoms with Gasteiger partial charge in [-0.25, -0.2) is 0 Å². The molecule has 19 heavy (non-hydrogen) atoms. The zero-order valence-electron chi connectivity index (χ0n) is 11.6. The standard InChI is InChI=1S/C15H20ClNO2/c1-15(2)13(10-6-7-19-14(10)15)17-12-8-9(18-3)4-5-11(12)16/h4-5,8,10,13-14,17H,6-7H2,1-3H3. The molecule has 3 unspecified atom stereocenters. The third kappa shape index (κ3) is 2.00. The number of fused-ring (bicyclic) bond motifs is 1. The Bertz CT molecular complexity index is 489. The van der Waals surface area contributed by atoms with Gasteiger partial charge in [0.1, 0.15) is 5.75 Å². The molecule has 1 saturated heterocycles. The van der Waals surface area contributed by atoms with E-state index in [1.165, 1.54) is 0 Å². The van der Waals surface area contributed by atoms with Gasteiger partial charge in [0.15, 0.2) is 0 Å². The highest BCUT2D eigenvalue weighted by atomic mass is 35.5. The van der Waals surface area contributed by atoms with Crippen LogP contribution in [0.1, 0.15) is 20.3 Å². The van der Waals surface area contributed by atoms with E-state index in [9.17, 15) is 0 Å². The number of hydrogen-bond acceptors (Lipinski definition) is 3. The number of nitrogens with one attached hydrogen (secondary N) is 1. The van der Waals surface area contributed by atoms with E-state index in [1.54, 1.807) is 7.11 Å². The molecule has 2 fully saturated rings. The van der Waals surface area contributed by atoms with Crippen LogP contribution in [0.25, 0.3) is 0 Å². The van der Waals surface area contributed by atoms with E-state index in [-0.39, 0.29) is 5.41 Å². The third-order valence-corrected chi connectivity index (χ3v) is 4.91. The fraction of sp³-hybridized carbons (Fsp3) is 0.600. The summed E-state index contributed by atoms with van der Waals surface area (Å²) in [4.78, 5) is 0. The van der Waals surface area contributed by atoms with Crippen LogP contribution in [0, 0.1) is 11.3 Å². The maximum absolute atomic E-state index is 6.27. The number of methoxy groups -OCH3 is 1. The Morgan fingerprint density at radius 3 is 2.95 bits per heavy atom.